The number of cyclic esters (lactones) is 2. The number of esters is 2. The van der Waals surface area contributed by atoms with Crippen molar-refractivity contribution in [3.05, 3.63) is 34.9 Å². The molecule has 7 nitrogen and oxygen atoms in total. The molecule has 1 aromatic carbocycles. The second-order valence-corrected chi connectivity index (χ2v) is 8.33. The predicted molar refractivity (Wildman–Crippen MR) is 103 cm³/mol. The van der Waals surface area contributed by atoms with Gasteiger partial charge in [-0.25, -0.2) is 14.4 Å². The number of aryl methyl sites for hydroxylation is 1. The van der Waals surface area contributed by atoms with Crippen LogP contribution in [0.15, 0.2) is 23.8 Å². The van der Waals surface area contributed by atoms with E-state index in [1.807, 2.05) is 12.1 Å². The van der Waals surface area contributed by atoms with Crippen molar-refractivity contribution in [2.24, 2.45) is 0 Å². The van der Waals surface area contributed by atoms with Crippen LogP contribution in [0, 0.1) is 0 Å². The summed E-state index contributed by atoms with van der Waals surface area (Å²) in [5, 5.41) is 0. The lowest BCUT2D eigenvalue weighted by atomic mass is 9.96. The lowest BCUT2D eigenvalue weighted by molar-refractivity contribution is -0.222. The van der Waals surface area contributed by atoms with Crippen LogP contribution in [0.4, 0.5) is 10.5 Å². The van der Waals surface area contributed by atoms with E-state index in [4.69, 9.17) is 14.2 Å². The second kappa shape index (κ2) is 6.96. The monoisotopic (exact) mass is 387 g/mol. The molecule has 3 rings (SSSR count). The number of nitrogens with zero attached hydrogens (tertiary/aromatic N) is 1. The largest absolute Gasteiger partial charge is 0.443 e. The number of anilines is 1. The molecule has 1 fully saturated rings. The fourth-order valence-corrected chi connectivity index (χ4v) is 3.23. The first-order chi connectivity index (χ1) is 13.0. The van der Waals surface area contributed by atoms with E-state index < -0.39 is 29.4 Å². The maximum absolute atomic E-state index is 12.7. The minimum Gasteiger partial charge on any atom is -0.443 e. The van der Waals surface area contributed by atoms with Gasteiger partial charge < -0.3 is 14.2 Å². The standard InChI is InChI=1S/C21H25NO6/c1-20(2,3)28-19(25)22-11-7-10-13-8-6-9-14(16(13)22)12-15-17(23)26-21(4,5)27-18(15)24/h6,8-9,12H,7,10-11H2,1-5H3. The highest BCUT2D eigenvalue weighted by Crippen LogP contribution is 2.34. The Morgan fingerprint density at radius 3 is 2.43 bits per heavy atom. The number of fused-ring (bicyclic) bond motifs is 1. The normalized spacial score (nSPS) is 18.8. The maximum atomic E-state index is 12.7. The van der Waals surface area contributed by atoms with Gasteiger partial charge >= 0.3 is 18.0 Å². The highest BCUT2D eigenvalue weighted by Gasteiger charge is 2.39. The minimum atomic E-state index is -1.30. The zero-order chi connectivity index (χ0) is 20.7. The first-order valence-corrected chi connectivity index (χ1v) is 9.28. The Balaban J connectivity index is 2.02. The fraction of sp³-hybridized carbons (Fsp3) is 0.476. The Hall–Kier alpha value is -2.83. The van der Waals surface area contributed by atoms with Crippen LogP contribution in [0.3, 0.4) is 0 Å². The number of carbonyl (C=O) groups is 3. The number of para-hydroxylation sites is 1. The third-order valence-electron chi connectivity index (χ3n) is 4.28. The van der Waals surface area contributed by atoms with E-state index >= 15 is 0 Å². The third kappa shape index (κ3) is 4.18. The summed E-state index contributed by atoms with van der Waals surface area (Å²) in [5.74, 6) is -2.80. The molecule has 150 valence electrons. The molecule has 1 aromatic rings. The van der Waals surface area contributed by atoms with E-state index in [2.05, 4.69) is 0 Å². The van der Waals surface area contributed by atoms with Crippen molar-refractivity contribution in [1.29, 1.82) is 0 Å². The van der Waals surface area contributed by atoms with Crippen LogP contribution in [0.25, 0.3) is 6.08 Å². The number of benzene rings is 1. The molecule has 0 radical (unpaired) electrons. The van der Waals surface area contributed by atoms with Crippen molar-refractivity contribution in [1.82, 2.24) is 0 Å². The highest BCUT2D eigenvalue weighted by atomic mass is 16.7. The van der Waals surface area contributed by atoms with Crippen LogP contribution in [0.5, 0.6) is 0 Å². The Bertz CT molecular complexity index is 840. The SMILES string of the molecule is CC(C)(C)OC(=O)N1CCCc2cccc(C=C3C(=O)OC(C)(C)OC3=O)c21. The molecule has 0 aliphatic carbocycles. The van der Waals surface area contributed by atoms with Gasteiger partial charge in [-0.15, -0.1) is 0 Å². The first kappa shape index (κ1) is 19.9. The zero-order valence-electron chi connectivity index (χ0n) is 16.8. The molecule has 0 aromatic heterocycles. The van der Waals surface area contributed by atoms with E-state index in [-0.39, 0.29) is 5.57 Å². The van der Waals surface area contributed by atoms with Crippen LogP contribution in [0.1, 0.15) is 52.2 Å². The summed E-state index contributed by atoms with van der Waals surface area (Å²) in [6.07, 6.45) is 2.54. The molecule has 0 saturated carbocycles. The number of hydrogen-bond acceptors (Lipinski definition) is 6. The van der Waals surface area contributed by atoms with Gasteiger partial charge in [0.15, 0.2) is 0 Å². The third-order valence-corrected chi connectivity index (χ3v) is 4.28. The predicted octanol–water partition coefficient (Wildman–Crippen LogP) is 3.59. The molecule has 0 N–H and O–H groups in total. The molecule has 0 spiro atoms. The molecule has 2 aliphatic rings. The summed E-state index contributed by atoms with van der Waals surface area (Å²) in [7, 11) is 0. The molecule has 1 saturated heterocycles. The van der Waals surface area contributed by atoms with Crippen LogP contribution in [-0.4, -0.2) is 36.0 Å². The van der Waals surface area contributed by atoms with Gasteiger partial charge in [0.05, 0.1) is 5.69 Å². The molecule has 2 aliphatic heterocycles. The van der Waals surface area contributed by atoms with E-state index in [1.165, 1.54) is 19.9 Å². The Kier molecular flexibility index (Phi) is 4.95. The van der Waals surface area contributed by atoms with E-state index in [0.717, 1.165) is 18.4 Å². The molecule has 0 unspecified atom stereocenters. The highest BCUT2D eigenvalue weighted by molar-refractivity contribution is 6.19. The van der Waals surface area contributed by atoms with Crippen LogP contribution >= 0.6 is 0 Å². The number of carbonyl (C=O) groups excluding carboxylic acids is 3. The lowest BCUT2D eigenvalue weighted by Gasteiger charge is -2.33. The smallest absolute Gasteiger partial charge is 0.414 e. The average Bonchev–Trinajstić information content (AvgIpc) is 2.55. The van der Waals surface area contributed by atoms with Gasteiger partial charge in [-0.05, 0) is 50.8 Å². The van der Waals surface area contributed by atoms with Crippen molar-refractivity contribution in [3.63, 3.8) is 0 Å². The number of hydrogen-bond donors (Lipinski definition) is 0. The average molecular weight is 387 g/mol. The van der Waals surface area contributed by atoms with Crippen LogP contribution < -0.4 is 4.90 Å². The Labute approximate surface area is 164 Å². The van der Waals surface area contributed by atoms with Gasteiger partial charge in [0.2, 0.25) is 0 Å². The number of amides is 1. The summed E-state index contributed by atoms with van der Waals surface area (Å²) in [5.41, 5.74) is 1.31. The van der Waals surface area contributed by atoms with Crippen molar-refractivity contribution < 1.29 is 28.6 Å². The van der Waals surface area contributed by atoms with Gasteiger partial charge in [-0.1, -0.05) is 18.2 Å². The summed E-state index contributed by atoms with van der Waals surface area (Å²) < 4.78 is 15.8. The molecular weight excluding hydrogens is 362 g/mol. The number of rotatable bonds is 1. The first-order valence-electron chi connectivity index (χ1n) is 9.28. The Morgan fingerprint density at radius 1 is 1.18 bits per heavy atom. The molecule has 1 amide bonds. The summed E-state index contributed by atoms with van der Waals surface area (Å²) in [6, 6.07) is 5.50. The van der Waals surface area contributed by atoms with Gasteiger partial charge in [-0.2, -0.15) is 0 Å². The zero-order valence-corrected chi connectivity index (χ0v) is 16.8. The van der Waals surface area contributed by atoms with E-state index in [1.54, 1.807) is 31.7 Å². The molecular formula is C21H25NO6. The molecule has 0 bridgehead atoms. The number of ether oxygens (including phenoxy) is 3. The second-order valence-electron chi connectivity index (χ2n) is 8.33. The topological polar surface area (TPSA) is 82.1 Å². The molecule has 2 heterocycles. The maximum Gasteiger partial charge on any atom is 0.414 e. The van der Waals surface area contributed by atoms with E-state index in [9.17, 15) is 14.4 Å². The summed E-state index contributed by atoms with van der Waals surface area (Å²) >= 11 is 0. The quantitative estimate of drug-likeness (QED) is 0.416. The van der Waals surface area contributed by atoms with Crippen molar-refractivity contribution in [3.8, 4) is 0 Å². The molecule has 7 heteroatoms. The van der Waals surface area contributed by atoms with Crippen molar-refractivity contribution >= 4 is 29.8 Å². The van der Waals surface area contributed by atoms with Crippen molar-refractivity contribution in [2.45, 2.75) is 58.8 Å². The minimum absolute atomic E-state index is 0.206. The van der Waals surface area contributed by atoms with Crippen LogP contribution in [0.2, 0.25) is 0 Å². The Morgan fingerprint density at radius 2 is 1.82 bits per heavy atom. The molecule has 0 atom stereocenters. The van der Waals surface area contributed by atoms with Gasteiger partial charge in [-0.3, -0.25) is 4.90 Å². The van der Waals surface area contributed by atoms with Crippen molar-refractivity contribution in [2.75, 3.05) is 11.4 Å². The van der Waals surface area contributed by atoms with Crippen LogP contribution in [-0.2, 0) is 30.2 Å². The lowest BCUT2D eigenvalue weighted by Crippen LogP contribution is -2.42. The fourth-order valence-electron chi connectivity index (χ4n) is 3.23. The summed E-state index contributed by atoms with van der Waals surface area (Å²) in [6.45, 7) is 8.89. The van der Waals surface area contributed by atoms with Gasteiger partial charge in [0, 0.05) is 20.4 Å². The summed E-state index contributed by atoms with van der Waals surface area (Å²) in [4.78, 5) is 38.9. The molecule has 28 heavy (non-hydrogen) atoms. The van der Waals surface area contributed by atoms with Gasteiger partial charge in [0.25, 0.3) is 5.79 Å². The van der Waals surface area contributed by atoms with E-state index in [0.29, 0.717) is 17.8 Å². The van der Waals surface area contributed by atoms with Gasteiger partial charge in [0.1, 0.15) is 11.2 Å².